The first-order chi connectivity index (χ1) is 40.3. The quantitative estimate of drug-likeness (QED) is 0.0237. The van der Waals surface area contributed by atoms with Gasteiger partial charge in [-0.25, -0.2) is 4.79 Å². The second kappa shape index (κ2) is 27.4. The standard InChI is InChI=1S/C61H71N9O12S2/c1-33(2)53(58(78)66-45(54(64)74)23-26-83-3)69-55(75)46(24-27-84-4)67-56(76)47(28-34-15-17-36(71)18-16-34)68-57(77)49(13-7-8-25-62)70(59(79)43(63)29-35-32-65-44-12-6-5-10-39(35)44)48-14-9-11-42-52(48)60(80)82-61(42)40-21-19-37(72)30-50(40)81-51-31-38(73)20-22-41(51)61/h5-6,9-12,14-22,30-33,43,45-47,49,53,65,71-73H,7-8,13,23-29,62-63H2,1-4H3,(H2,64,74)(H,66,78)(H,67,76)(H,68,77)(H,69,75)/t43-,45-,46-,47-,49-,53-/m0/s1. The topological polar surface area (TPSA) is 344 Å². The van der Waals surface area contributed by atoms with Gasteiger partial charge < -0.3 is 68.2 Å². The number of amides is 6. The first-order valence-corrected chi connectivity index (χ1v) is 30.4. The third kappa shape index (κ3) is 13.5. The number of phenols is 3. The van der Waals surface area contributed by atoms with Crippen molar-refractivity contribution >= 4 is 81.5 Å². The summed E-state index contributed by atoms with van der Waals surface area (Å²) in [5.74, 6) is -5.17. The number of H-pyrrole nitrogens is 1. The average molecular weight is 1190 g/mol. The number of rotatable bonds is 27. The zero-order chi connectivity index (χ0) is 60.4. The molecule has 6 aromatic rings. The number of nitrogens with one attached hydrogen (secondary N) is 5. The predicted molar refractivity (Wildman–Crippen MR) is 322 cm³/mol. The lowest BCUT2D eigenvalue weighted by atomic mass is 9.77. The Balaban J connectivity index is 1.21. The number of nitrogens with two attached hydrogens (primary N) is 3. The minimum Gasteiger partial charge on any atom is -0.508 e. The van der Waals surface area contributed by atoms with E-state index < -0.39 is 89.2 Å². The van der Waals surface area contributed by atoms with Gasteiger partial charge in [0.15, 0.2) is 5.60 Å². The predicted octanol–water partition coefficient (Wildman–Crippen LogP) is 5.08. The van der Waals surface area contributed by atoms with E-state index in [9.17, 15) is 29.7 Å². The fourth-order valence-corrected chi connectivity index (χ4v) is 11.7. The third-order valence-corrected chi connectivity index (χ3v) is 16.3. The number of nitrogens with zero attached hydrogens (tertiary/aromatic N) is 1. The van der Waals surface area contributed by atoms with Crippen molar-refractivity contribution in [1.29, 1.82) is 0 Å². The highest BCUT2D eigenvalue weighted by Gasteiger charge is 2.55. The molecule has 1 aromatic heterocycles. The lowest BCUT2D eigenvalue weighted by Gasteiger charge is -2.37. The summed E-state index contributed by atoms with van der Waals surface area (Å²) in [6, 6.07) is 19.0. The van der Waals surface area contributed by atoms with Gasteiger partial charge in [0, 0.05) is 52.3 Å². The fraction of sp³-hybridized carbons (Fsp3) is 0.361. The van der Waals surface area contributed by atoms with Crippen molar-refractivity contribution in [3.63, 3.8) is 0 Å². The van der Waals surface area contributed by atoms with Crippen LogP contribution in [0.3, 0.4) is 0 Å². The summed E-state index contributed by atoms with van der Waals surface area (Å²) in [7, 11) is 0. The SMILES string of the molecule is CSCC[C@H](NC(=O)[C@@H](NC(=O)[C@H](CCSC)NC(=O)[C@H](Cc1ccc(O)cc1)NC(=O)[C@H](CCCCN)N(C(=O)[C@@H](N)Cc1c[nH]c2ccccc12)c1cccc2c1C(=O)OC21c2ccc(O)cc2Oc2cc(O)ccc21)C(C)C)C(N)=O. The Morgan fingerprint density at radius 1 is 0.679 bits per heavy atom. The number of aromatic amines is 1. The molecule has 0 fully saturated rings. The molecule has 2 aliphatic rings. The van der Waals surface area contributed by atoms with Crippen LogP contribution in [0, 0.1) is 5.92 Å². The maximum atomic E-state index is 15.8. The van der Waals surface area contributed by atoms with Gasteiger partial charge in [-0.1, -0.05) is 56.3 Å². The highest BCUT2D eigenvalue weighted by molar-refractivity contribution is 7.98. The van der Waals surface area contributed by atoms with Crippen LogP contribution >= 0.6 is 23.5 Å². The Hall–Kier alpha value is -8.25. The van der Waals surface area contributed by atoms with Gasteiger partial charge in [0.2, 0.25) is 35.4 Å². The Labute approximate surface area is 494 Å². The van der Waals surface area contributed by atoms with E-state index in [0.717, 1.165) is 10.9 Å². The van der Waals surface area contributed by atoms with Crippen LogP contribution in [-0.4, -0.2) is 129 Å². The monoisotopic (exact) mass is 1190 g/mol. The van der Waals surface area contributed by atoms with E-state index in [-0.39, 0.29) is 90.6 Å². The molecule has 0 unspecified atom stereocenters. The van der Waals surface area contributed by atoms with Crippen molar-refractivity contribution in [2.75, 3.05) is 35.5 Å². The zero-order valence-electron chi connectivity index (χ0n) is 47.0. The van der Waals surface area contributed by atoms with Gasteiger partial charge in [-0.15, -0.1) is 0 Å². The van der Waals surface area contributed by atoms with Gasteiger partial charge >= 0.3 is 5.97 Å². The zero-order valence-corrected chi connectivity index (χ0v) is 48.6. The van der Waals surface area contributed by atoms with Crippen molar-refractivity contribution in [1.82, 2.24) is 26.3 Å². The van der Waals surface area contributed by atoms with E-state index >= 15 is 19.2 Å². The number of ether oxygens (including phenoxy) is 2. The van der Waals surface area contributed by atoms with E-state index in [1.54, 1.807) is 56.4 Å². The number of esters is 1. The van der Waals surface area contributed by atoms with Crippen molar-refractivity contribution in [2.45, 2.75) is 101 Å². The summed E-state index contributed by atoms with van der Waals surface area (Å²) in [6.45, 7) is 3.63. The smallest absolute Gasteiger partial charge is 0.342 e. The maximum Gasteiger partial charge on any atom is 0.342 e. The van der Waals surface area contributed by atoms with Crippen molar-refractivity contribution in [2.24, 2.45) is 23.1 Å². The number of phenolic OH excluding ortho intramolecular Hbond substituents is 3. The molecule has 6 amide bonds. The van der Waals surface area contributed by atoms with Crippen LogP contribution in [0.2, 0.25) is 0 Å². The van der Waals surface area contributed by atoms with E-state index in [0.29, 0.717) is 40.2 Å². The molecular weight excluding hydrogens is 1110 g/mol. The minimum absolute atomic E-state index is 0.0284. The van der Waals surface area contributed by atoms with Gasteiger partial charge in [-0.3, -0.25) is 33.7 Å². The normalized spacial score (nSPS) is 15.0. The van der Waals surface area contributed by atoms with Crippen molar-refractivity contribution in [3.05, 3.63) is 143 Å². The summed E-state index contributed by atoms with van der Waals surface area (Å²) in [6.07, 6.45) is 6.11. The number of carbonyl (C=O) groups excluding carboxylic acids is 7. The van der Waals surface area contributed by atoms with Crippen LogP contribution in [0.1, 0.15) is 84.1 Å². The molecule has 0 radical (unpaired) electrons. The number of hydrogen-bond donors (Lipinski definition) is 11. The van der Waals surface area contributed by atoms with E-state index in [2.05, 4.69) is 26.3 Å². The number of carbonyl (C=O) groups is 7. The number of aromatic hydroxyl groups is 3. The number of para-hydroxylation sites is 1. The molecule has 0 aliphatic carbocycles. The molecule has 8 rings (SSSR count). The fourth-order valence-electron chi connectivity index (χ4n) is 10.7. The third-order valence-electron chi connectivity index (χ3n) is 15.0. The van der Waals surface area contributed by atoms with Crippen LogP contribution in [0.4, 0.5) is 5.69 Å². The molecule has 5 aromatic carbocycles. The number of fused-ring (bicyclic) bond motifs is 7. The number of benzene rings is 5. The Kier molecular flexibility index (Phi) is 20.2. The Bertz CT molecular complexity index is 3360. The molecule has 444 valence electrons. The first kappa shape index (κ1) is 61.8. The minimum atomic E-state index is -1.78. The van der Waals surface area contributed by atoms with Crippen LogP contribution in [0.5, 0.6) is 28.7 Å². The first-order valence-electron chi connectivity index (χ1n) is 27.6. The largest absolute Gasteiger partial charge is 0.508 e. The van der Waals surface area contributed by atoms with Crippen LogP contribution in [-0.2, 0) is 51.9 Å². The average Bonchev–Trinajstić information content (AvgIpc) is 1.60. The van der Waals surface area contributed by atoms with Gasteiger partial charge in [-0.2, -0.15) is 23.5 Å². The van der Waals surface area contributed by atoms with Crippen molar-refractivity contribution < 1.29 is 58.4 Å². The summed E-state index contributed by atoms with van der Waals surface area (Å²) < 4.78 is 12.7. The number of unbranched alkanes of at least 4 members (excludes halogenated alkanes) is 1. The number of thioether (sulfide) groups is 2. The molecule has 1 spiro atoms. The molecule has 0 bridgehead atoms. The van der Waals surface area contributed by atoms with Crippen LogP contribution in [0.15, 0.2) is 109 Å². The van der Waals surface area contributed by atoms with Crippen molar-refractivity contribution in [3.8, 4) is 28.7 Å². The molecule has 2 aliphatic heterocycles. The highest BCUT2D eigenvalue weighted by Crippen LogP contribution is 2.58. The molecular formula is C61H71N9O12S2. The van der Waals surface area contributed by atoms with Gasteiger partial charge in [0.05, 0.1) is 17.3 Å². The highest BCUT2D eigenvalue weighted by atomic mass is 32.2. The van der Waals surface area contributed by atoms with E-state index in [1.807, 2.05) is 36.8 Å². The molecule has 21 nitrogen and oxygen atoms in total. The lowest BCUT2D eigenvalue weighted by molar-refractivity contribution is -0.135. The van der Waals surface area contributed by atoms with Crippen LogP contribution in [0.25, 0.3) is 10.9 Å². The number of primary amides is 1. The Morgan fingerprint density at radius 3 is 1.92 bits per heavy atom. The lowest BCUT2D eigenvalue weighted by Crippen LogP contribution is -2.61. The molecule has 3 heterocycles. The van der Waals surface area contributed by atoms with Crippen LogP contribution < -0.4 is 48.1 Å². The van der Waals surface area contributed by atoms with E-state index in [4.69, 9.17) is 26.7 Å². The van der Waals surface area contributed by atoms with Gasteiger partial charge in [-0.05, 0) is 135 Å². The second-order valence-corrected chi connectivity index (χ2v) is 23.1. The molecule has 23 heteroatoms. The molecule has 0 saturated carbocycles. The van der Waals surface area contributed by atoms with E-state index in [1.165, 1.54) is 70.9 Å². The number of aromatic nitrogens is 1. The van der Waals surface area contributed by atoms with Gasteiger partial charge in [0.1, 0.15) is 59.0 Å². The summed E-state index contributed by atoms with van der Waals surface area (Å²) in [5, 5.41) is 43.5. The number of anilines is 1. The summed E-state index contributed by atoms with van der Waals surface area (Å²) in [4.78, 5) is 106. The summed E-state index contributed by atoms with van der Waals surface area (Å²) >= 11 is 2.87. The molecule has 0 saturated heterocycles. The van der Waals surface area contributed by atoms with Gasteiger partial charge in [0.25, 0.3) is 0 Å². The molecule has 14 N–H and O–H groups in total. The second-order valence-electron chi connectivity index (χ2n) is 21.2. The Morgan fingerprint density at radius 2 is 1.29 bits per heavy atom. The molecule has 84 heavy (non-hydrogen) atoms. The molecule has 6 atom stereocenters. The maximum absolute atomic E-state index is 15.8. The number of hydrogen-bond acceptors (Lipinski definition) is 16. The summed E-state index contributed by atoms with van der Waals surface area (Å²) in [5.41, 5.74) is 19.6.